The molecule has 0 aromatic rings. The number of rotatable bonds is 4. The minimum absolute atomic E-state index is 0.190. The van der Waals surface area contributed by atoms with Gasteiger partial charge in [-0.25, -0.2) is 0 Å². The Bertz CT molecular complexity index is 329. The lowest BCUT2D eigenvalue weighted by Crippen LogP contribution is -2.49. The van der Waals surface area contributed by atoms with Crippen LogP contribution in [0.4, 0.5) is 0 Å². The van der Waals surface area contributed by atoms with Gasteiger partial charge in [0.25, 0.3) is 0 Å². The van der Waals surface area contributed by atoms with Gasteiger partial charge in [-0.15, -0.1) is 0 Å². The van der Waals surface area contributed by atoms with Crippen LogP contribution in [0.15, 0.2) is 23.9 Å². The Morgan fingerprint density at radius 3 is 2.44 bits per heavy atom. The van der Waals surface area contributed by atoms with Gasteiger partial charge in [-0.3, -0.25) is 0 Å². The Morgan fingerprint density at radius 1 is 1.22 bits per heavy atom. The Kier molecular flexibility index (Phi) is 4.43. The number of allylic oxidation sites excluding steroid dienone is 1. The minimum Gasteiger partial charge on any atom is -0.399 e. The van der Waals surface area contributed by atoms with Gasteiger partial charge in [0.2, 0.25) is 0 Å². The van der Waals surface area contributed by atoms with E-state index < -0.39 is 0 Å². The quantitative estimate of drug-likeness (QED) is 0.763. The molecule has 1 heterocycles. The molecule has 2 aliphatic rings. The summed E-state index contributed by atoms with van der Waals surface area (Å²) in [5.74, 6) is 0. The van der Waals surface area contributed by atoms with Gasteiger partial charge in [0, 0.05) is 44.0 Å². The van der Waals surface area contributed by atoms with Crippen molar-refractivity contribution in [3.05, 3.63) is 23.9 Å². The van der Waals surface area contributed by atoms with Crippen molar-refractivity contribution < 1.29 is 0 Å². The fraction of sp³-hybridized carbons (Fsp3) is 0.714. The molecule has 2 rings (SSSR count). The molecule has 18 heavy (non-hydrogen) atoms. The number of hydrogen-bond donors (Lipinski definition) is 2. The molecule has 4 N–H and O–H groups in total. The first-order chi connectivity index (χ1) is 8.61. The molecule has 1 unspecified atom stereocenters. The zero-order valence-electron chi connectivity index (χ0n) is 11.4. The van der Waals surface area contributed by atoms with E-state index in [1.54, 1.807) is 0 Å². The SMILES string of the molecule is CCN1CCN(CCC2(N)C=CC(N)=CC2)CC1. The van der Waals surface area contributed by atoms with E-state index in [0.29, 0.717) is 0 Å². The summed E-state index contributed by atoms with van der Waals surface area (Å²) in [4.78, 5) is 5.02. The molecule has 1 saturated heterocycles. The van der Waals surface area contributed by atoms with Crippen molar-refractivity contribution in [3.8, 4) is 0 Å². The van der Waals surface area contributed by atoms with Crippen LogP contribution in [-0.4, -0.2) is 54.6 Å². The highest BCUT2D eigenvalue weighted by Gasteiger charge is 2.24. The highest BCUT2D eigenvalue weighted by Crippen LogP contribution is 2.21. The minimum atomic E-state index is -0.190. The lowest BCUT2D eigenvalue weighted by Gasteiger charge is -2.36. The van der Waals surface area contributed by atoms with Gasteiger partial charge in [0.05, 0.1) is 0 Å². The molecule has 0 aromatic carbocycles. The summed E-state index contributed by atoms with van der Waals surface area (Å²) in [6.07, 6.45) is 7.93. The smallest absolute Gasteiger partial charge is 0.0390 e. The monoisotopic (exact) mass is 250 g/mol. The average Bonchev–Trinajstić information content (AvgIpc) is 2.41. The first kappa shape index (κ1) is 13.6. The second-order valence-corrected chi connectivity index (χ2v) is 5.50. The van der Waals surface area contributed by atoms with Crippen molar-refractivity contribution in [3.63, 3.8) is 0 Å². The van der Waals surface area contributed by atoms with Crippen molar-refractivity contribution in [1.29, 1.82) is 0 Å². The molecular weight excluding hydrogens is 224 g/mol. The first-order valence-electron chi connectivity index (χ1n) is 7.00. The Morgan fingerprint density at radius 2 is 1.89 bits per heavy atom. The fourth-order valence-electron chi connectivity index (χ4n) is 2.59. The van der Waals surface area contributed by atoms with E-state index in [1.165, 1.54) is 32.7 Å². The molecule has 1 fully saturated rings. The fourth-order valence-corrected chi connectivity index (χ4v) is 2.59. The largest absolute Gasteiger partial charge is 0.399 e. The number of piperazine rings is 1. The molecule has 0 bridgehead atoms. The second-order valence-electron chi connectivity index (χ2n) is 5.50. The van der Waals surface area contributed by atoms with Crippen LogP contribution in [-0.2, 0) is 0 Å². The Hall–Kier alpha value is -0.840. The summed E-state index contributed by atoms with van der Waals surface area (Å²) < 4.78 is 0. The zero-order valence-corrected chi connectivity index (χ0v) is 11.4. The van der Waals surface area contributed by atoms with E-state index in [0.717, 1.165) is 25.1 Å². The molecule has 0 amide bonds. The van der Waals surface area contributed by atoms with Crippen molar-refractivity contribution in [2.45, 2.75) is 25.3 Å². The van der Waals surface area contributed by atoms with Gasteiger partial charge in [0.1, 0.15) is 0 Å². The predicted octanol–water partition coefficient (Wildman–Crippen LogP) is 0.514. The summed E-state index contributed by atoms with van der Waals surface area (Å²) in [5.41, 5.74) is 12.7. The van der Waals surface area contributed by atoms with Crippen LogP contribution in [0.2, 0.25) is 0 Å². The summed E-state index contributed by atoms with van der Waals surface area (Å²) >= 11 is 0. The van der Waals surface area contributed by atoms with Gasteiger partial charge < -0.3 is 21.3 Å². The van der Waals surface area contributed by atoms with Crippen molar-refractivity contribution in [2.75, 3.05) is 39.3 Å². The molecule has 0 radical (unpaired) electrons. The topological polar surface area (TPSA) is 58.5 Å². The number of hydrogen-bond acceptors (Lipinski definition) is 4. The molecule has 102 valence electrons. The molecule has 0 saturated carbocycles. The van der Waals surface area contributed by atoms with Gasteiger partial charge in [-0.2, -0.15) is 0 Å². The third-order valence-electron chi connectivity index (χ3n) is 4.13. The molecule has 0 aromatic heterocycles. The first-order valence-corrected chi connectivity index (χ1v) is 7.00. The molecule has 1 atom stereocenters. The zero-order chi connectivity index (χ0) is 13.0. The van der Waals surface area contributed by atoms with E-state index >= 15 is 0 Å². The summed E-state index contributed by atoms with van der Waals surface area (Å²) in [6.45, 7) is 9.21. The van der Waals surface area contributed by atoms with Crippen LogP contribution in [0.1, 0.15) is 19.8 Å². The molecular formula is C14H26N4. The second kappa shape index (κ2) is 5.87. The normalized spacial score (nSPS) is 30.4. The molecule has 1 aliphatic heterocycles. The highest BCUT2D eigenvalue weighted by atomic mass is 15.3. The maximum atomic E-state index is 6.37. The third-order valence-corrected chi connectivity index (χ3v) is 4.13. The van der Waals surface area contributed by atoms with Gasteiger partial charge in [-0.05, 0) is 25.5 Å². The summed E-state index contributed by atoms with van der Waals surface area (Å²) in [6, 6.07) is 0. The lowest BCUT2D eigenvalue weighted by molar-refractivity contribution is 0.131. The number of likely N-dealkylation sites (N-methyl/N-ethyl adjacent to an activating group) is 1. The van der Waals surface area contributed by atoms with Crippen LogP contribution in [0.5, 0.6) is 0 Å². The molecule has 0 spiro atoms. The Labute approximate surface area is 110 Å². The van der Waals surface area contributed by atoms with Crippen molar-refractivity contribution in [1.82, 2.24) is 9.80 Å². The van der Waals surface area contributed by atoms with Crippen LogP contribution < -0.4 is 11.5 Å². The van der Waals surface area contributed by atoms with Crippen LogP contribution >= 0.6 is 0 Å². The van der Waals surface area contributed by atoms with Crippen molar-refractivity contribution in [2.24, 2.45) is 11.5 Å². The van der Waals surface area contributed by atoms with E-state index in [2.05, 4.69) is 22.8 Å². The van der Waals surface area contributed by atoms with Gasteiger partial charge >= 0.3 is 0 Å². The summed E-state index contributed by atoms with van der Waals surface area (Å²) in [7, 11) is 0. The molecule has 4 nitrogen and oxygen atoms in total. The van der Waals surface area contributed by atoms with E-state index in [4.69, 9.17) is 11.5 Å². The maximum absolute atomic E-state index is 6.37. The third kappa shape index (κ3) is 3.57. The van der Waals surface area contributed by atoms with Gasteiger partial charge in [0.15, 0.2) is 0 Å². The Balaban J connectivity index is 1.74. The van der Waals surface area contributed by atoms with Crippen LogP contribution in [0.3, 0.4) is 0 Å². The van der Waals surface area contributed by atoms with Crippen LogP contribution in [0.25, 0.3) is 0 Å². The van der Waals surface area contributed by atoms with Crippen molar-refractivity contribution >= 4 is 0 Å². The summed E-state index contributed by atoms with van der Waals surface area (Å²) in [5, 5.41) is 0. The van der Waals surface area contributed by atoms with E-state index in [1.807, 2.05) is 12.2 Å². The predicted molar refractivity (Wildman–Crippen MR) is 76.1 cm³/mol. The highest BCUT2D eigenvalue weighted by molar-refractivity contribution is 5.26. The molecule has 1 aliphatic carbocycles. The number of nitrogens with two attached hydrogens (primary N) is 2. The van der Waals surface area contributed by atoms with E-state index in [-0.39, 0.29) is 5.54 Å². The standard InChI is InChI=1S/C14H26N4/c1-2-17-9-11-18(12-10-17)8-7-14(16)5-3-13(15)4-6-14/h3-5H,2,6-12,15-16H2,1H3. The van der Waals surface area contributed by atoms with Gasteiger partial charge in [-0.1, -0.05) is 19.1 Å². The number of nitrogens with zero attached hydrogens (tertiary/aromatic N) is 2. The van der Waals surface area contributed by atoms with E-state index in [9.17, 15) is 0 Å². The lowest BCUT2D eigenvalue weighted by atomic mass is 9.88. The maximum Gasteiger partial charge on any atom is 0.0390 e. The van der Waals surface area contributed by atoms with Crippen LogP contribution in [0, 0.1) is 0 Å². The average molecular weight is 250 g/mol. The molecule has 4 heteroatoms.